The van der Waals surface area contributed by atoms with Gasteiger partial charge in [0.2, 0.25) is 0 Å². The van der Waals surface area contributed by atoms with Crippen molar-refractivity contribution in [2.75, 3.05) is 39.4 Å². The van der Waals surface area contributed by atoms with Crippen LogP contribution in [0.3, 0.4) is 0 Å². The Hall–Kier alpha value is -1.53. The van der Waals surface area contributed by atoms with Crippen LogP contribution in [0.1, 0.15) is 23.1 Å². The molecule has 1 fully saturated rings. The molecule has 0 saturated carbocycles. The zero-order valence-electron chi connectivity index (χ0n) is 11.3. The van der Waals surface area contributed by atoms with Gasteiger partial charge in [0.1, 0.15) is 0 Å². The van der Waals surface area contributed by atoms with Crippen LogP contribution in [0.25, 0.3) is 0 Å². The summed E-state index contributed by atoms with van der Waals surface area (Å²) >= 11 is 0. The molecule has 0 atom stereocenters. The third-order valence-electron chi connectivity index (χ3n) is 3.13. The van der Waals surface area contributed by atoms with E-state index in [1.165, 1.54) is 0 Å². The summed E-state index contributed by atoms with van der Waals surface area (Å²) in [7, 11) is 0. The number of amides is 1. The minimum Gasteiger partial charge on any atom is -0.379 e. The molecule has 1 aromatic heterocycles. The monoisotopic (exact) mass is 264 g/mol. The molecule has 104 valence electrons. The van der Waals surface area contributed by atoms with E-state index >= 15 is 0 Å². The Morgan fingerprint density at radius 3 is 2.79 bits per heavy atom. The number of nitrogens with zero attached hydrogens (tertiary/aromatic N) is 3. The molecule has 1 saturated heterocycles. The molecule has 1 N–H and O–H groups in total. The average molecular weight is 264 g/mol. The number of hydrogen-bond donors (Lipinski definition) is 1. The molecule has 0 unspecified atom stereocenters. The Morgan fingerprint density at radius 2 is 2.16 bits per heavy atom. The van der Waals surface area contributed by atoms with E-state index in [0.717, 1.165) is 45.0 Å². The summed E-state index contributed by atoms with van der Waals surface area (Å²) < 4.78 is 5.27. The summed E-state index contributed by atoms with van der Waals surface area (Å²) in [6.07, 6.45) is 0.825. The van der Waals surface area contributed by atoms with Gasteiger partial charge in [-0.05, 0) is 18.6 Å². The highest BCUT2D eigenvalue weighted by atomic mass is 16.5. The molecule has 1 aromatic rings. The third-order valence-corrected chi connectivity index (χ3v) is 3.13. The molecule has 0 spiro atoms. The normalized spacial score (nSPS) is 16.3. The molecule has 0 aliphatic carbocycles. The van der Waals surface area contributed by atoms with Crippen LogP contribution in [-0.2, 0) is 11.2 Å². The zero-order chi connectivity index (χ0) is 13.5. The van der Waals surface area contributed by atoms with Crippen molar-refractivity contribution >= 4 is 5.91 Å². The van der Waals surface area contributed by atoms with Gasteiger partial charge >= 0.3 is 0 Å². The van der Waals surface area contributed by atoms with E-state index in [1.807, 2.05) is 13.0 Å². The van der Waals surface area contributed by atoms with Gasteiger partial charge in [-0.15, -0.1) is 5.10 Å². The maximum atomic E-state index is 11.8. The number of nitrogens with one attached hydrogen (secondary N) is 1. The van der Waals surface area contributed by atoms with E-state index in [-0.39, 0.29) is 5.91 Å². The number of ether oxygens (including phenoxy) is 1. The van der Waals surface area contributed by atoms with Gasteiger partial charge in [0.15, 0.2) is 5.69 Å². The first-order chi connectivity index (χ1) is 9.29. The Balaban J connectivity index is 1.73. The minimum absolute atomic E-state index is 0.164. The highest BCUT2D eigenvalue weighted by Gasteiger charge is 2.11. The van der Waals surface area contributed by atoms with E-state index in [0.29, 0.717) is 12.2 Å². The SMILES string of the molecule is CCc1ccc(C(=O)NCCN2CCOCC2)nn1. The van der Waals surface area contributed by atoms with Crippen molar-refractivity contribution in [3.05, 3.63) is 23.5 Å². The number of rotatable bonds is 5. The molecule has 6 nitrogen and oxygen atoms in total. The fraction of sp³-hybridized carbons (Fsp3) is 0.615. The number of morpholine rings is 1. The summed E-state index contributed by atoms with van der Waals surface area (Å²) in [4.78, 5) is 14.1. The van der Waals surface area contributed by atoms with Gasteiger partial charge in [-0.1, -0.05) is 6.92 Å². The molecule has 0 radical (unpaired) electrons. The molecule has 1 aliphatic heterocycles. The van der Waals surface area contributed by atoms with Crippen LogP contribution in [0.5, 0.6) is 0 Å². The number of carbonyl (C=O) groups excluding carboxylic acids is 1. The fourth-order valence-corrected chi connectivity index (χ4v) is 1.91. The predicted molar refractivity (Wildman–Crippen MR) is 71.0 cm³/mol. The van der Waals surface area contributed by atoms with E-state index in [1.54, 1.807) is 6.07 Å². The second-order valence-corrected chi connectivity index (χ2v) is 4.47. The smallest absolute Gasteiger partial charge is 0.271 e. The van der Waals surface area contributed by atoms with Crippen molar-refractivity contribution in [2.45, 2.75) is 13.3 Å². The van der Waals surface area contributed by atoms with Crippen molar-refractivity contribution < 1.29 is 9.53 Å². The Bertz CT molecular complexity index is 402. The molecule has 1 amide bonds. The van der Waals surface area contributed by atoms with E-state index in [2.05, 4.69) is 20.4 Å². The van der Waals surface area contributed by atoms with Gasteiger partial charge in [-0.3, -0.25) is 9.69 Å². The second kappa shape index (κ2) is 7.16. The minimum atomic E-state index is -0.164. The van der Waals surface area contributed by atoms with Crippen LogP contribution in [0.2, 0.25) is 0 Å². The highest BCUT2D eigenvalue weighted by molar-refractivity contribution is 5.91. The standard InChI is InChI=1S/C13H20N4O2/c1-2-11-3-4-12(16-15-11)13(18)14-5-6-17-7-9-19-10-8-17/h3-4H,2,5-10H2,1H3,(H,14,18). The first-order valence-corrected chi connectivity index (χ1v) is 6.70. The summed E-state index contributed by atoms with van der Waals surface area (Å²) in [6, 6.07) is 3.56. The number of aryl methyl sites for hydroxylation is 1. The van der Waals surface area contributed by atoms with Crippen molar-refractivity contribution in [1.29, 1.82) is 0 Å². The predicted octanol–water partition coefficient (Wildman–Crippen LogP) is 0.101. The maximum absolute atomic E-state index is 11.8. The van der Waals surface area contributed by atoms with Crippen molar-refractivity contribution in [1.82, 2.24) is 20.4 Å². The molecule has 1 aliphatic rings. The lowest BCUT2D eigenvalue weighted by Crippen LogP contribution is -2.41. The Labute approximate surface area is 113 Å². The van der Waals surface area contributed by atoms with Crippen LogP contribution in [0.15, 0.2) is 12.1 Å². The zero-order valence-corrected chi connectivity index (χ0v) is 11.3. The lowest BCUT2D eigenvalue weighted by molar-refractivity contribution is 0.0383. The summed E-state index contributed by atoms with van der Waals surface area (Å²) in [5, 5.41) is 10.8. The van der Waals surface area contributed by atoms with Crippen molar-refractivity contribution in [2.24, 2.45) is 0 Å². The van der Waals surface area contributed by atoms with Gasteiger partial charge in [-0.2, -0.15) is 5.10 Å². The topological polar surface area (TPSA) is 67.4 Å². The summed E-state index contributed by atoms with van der Waals surface area (Å²) in [5.41, 5.74) is 1.27. The molecule has 0 aromatic carbocycles. The van der Waals surface area contributed by atoms with Crippen LogP contribution in [-0.4, -0.2) is 60.4 Å². The first-order valence-electron chi connectivity index (χ1n) is 6.70. The van der Waals surface area contributed by atoms with Crippen LogP contribution in [0.4, 0.5) is 0 Å². The molecule has 6 heteroatoms. The third kappa shape index (κ3) is 4.25. The van der Waals surface area contributed by atoms with E-state index in [4.69, 9.17) is 4.74 Å². The number of hydrogen-bond acceptors (Lipinski definition) is 5. The summed E-state index contributed by atoms with van der Waals surface area (Å²) in [5.74, 6) is -0.164. The van der Waals surface area contributed by atoms with Crippen LogP contribution < -0.4 is 5.32 Å². The number of aromatic nitrogens is 2. The average Bonchev–Trinajstić information content (AvgIpc) is 2.48. The maximum Gasteiger partial charge on any atom is 0.271 e. The molecular weight excluding hydrogens is 244 g/mol. The quantitative estimate of drug-likeness (QED) is 0.817. The van der Waals surface area contributed by atoms with Gasteiger partial charge < -0.3 is 10.1 Å². The van der Waals surface area contributed by atoms with Crippen molar-refractivity contribution in [3.63, 3.8) is 0 Å². The van der Waals surface area contributed by atoms with Crippen LogP contribution in [0, 0.1) is 0 Å². The lowest BCUT2D eigenvalue weighted by Gasteiger charge is -2.26. The van der Waals surface area contributed by atoms with Crippen LogP contribution >= 0.6 is 0 Å². The van der Waals surface area contributed by atoms with Gasteiger partial charge in [0, 0.05) is 26.2 Å². The number of carbonyl (C=O) groups is 1. The summed E-state index contributed by atoms with van der Waals surface area (Å²) in [6.45, 7) is 6.88. The van der Waals surface area contributed by atoms with E-state index < -0.39 is 0 Å². The van der Waals surface area contributed by atoms with Gasteiger partial charge in [0.05, 0.1) is 18.9 Å². The highest BCUT2D eigenvalue weighted by Crippen LogP contribution is 1.98. The lowest BCUT2D eigenvalue weighted by atomic mass is 10.3. The first kappa shape index (κ1) is 13.9. The fourth-order valence-electron chi connectivity index (χ4n) is 1.91. The molecule has 2 heterocycles. The largest absolute Gasteiger partial charge is 0.379 e. The second-order valence-electron chi connectivity index (χ2n) is 4.47. The Kier molecular flexibility index (Phi) is 5.23. The molecule has 0 bridgehead atoms. The molecular formula is C13H20N4O2. The van der Waals surface area contributed by atoms with E-state index in [9.17, 15) is 4.79 Å². The Morgan fingerprint density at radius 1 is 1.37 bits per heavy atom. The molecule has 2 rings (SSSR count). The van der Waals surface area contributed by atoms with Gasteiger partial charge in [-0.25, -0.2) is 0 Å². The molecule has 19 heavy (non-hydrogen) atoms. The van der Waals surface area contributed by atoms with Gasteiger partial charge in [0.25, 0.3) is 5.91 Å². The van der Waals surface area contributed by atoms with Crippen molar-refractivity contribution in [3.8, 4) is 0 Å².